The normalized spacial score (nSPS) is 20.0. The summed E-state index contributed by atoms with van der Waals surface area (Å²) in [4.78, 5) is 15.2. The van der Waals surface area contributed by atoms with E-state index in [1.807, 2.05) is 42.5 Å². The smallest absolute Gasteiger partial charge is 0.309 e. The number of sulfone groups is 1. The Balaban J connectivity index is 1.25. The molecule has 42 heavy (non-hydrogen) atoms. The molecule has 2 aliphatic heterocycles. The van der Waals surface area contributed by atoms with Gasteiger partial charge >= 0.3 is 5.97 Å². The zero-order valence-corrected chi connectivity index (χ0v) is 24.5. The SMILES string of the molecule is COc1ccc([C@@H]2[C@@H](C(=O)O)[C@@H](c3ccc4c(c3)OCO4)CN2CCNCCCS(=O)(=O)c2ccc(OC)cc2)cc1. The first kappa shape index (κ1) is 29.7. The number of methoxy groups -OCH3 is 2. The number of hydrogen-bond donors (Lipinski definition) is 2. The molecule has 0 amide bonds. The second kappa shape index (κ2) is 13.0. The van der Waals surface area contributed by atoms with Gasteiger partial charge in [-0.2, -0.15) is 0 Å². The summed E-state index contributed by atoms with van der Waals surface area (Å²) < 4.78 is 46.8. The van der Waals surface area contributed by atoms with Crippen LogP contribution in [0.1, 0.15) is 29.5 Å². The molecule has 11 heteroatoms. The monoisotopic (exact) mass is 596 g/mol. The Kier molecular flexibility index (Phi) is 9.20. The van der Waals surface area contributed by atoms with Crippen molar-refractivity contribution in [2.45, 2.75) is 23.3 Å². The zero-order valence-electron chi connectivity index (χ0n) is 23.7. The predicted molar refractivity (Wildman–Crippen MR) is 156 cm³/mol. The maximum atomic E-state index is 12.7. The van der Waals surface area contributed by atoms with Gasteiger partial charge in [0.25, 0.3) is 0 Å². The van der Waals surface area contributed by atoms with Crippen molar-refractivity contribution < 1.29 is 37.3 Å². The highest BCUT2D eigenvalue weighted by atomic mass is 32.2. The molecule has 0 aromatic heterocycles. The minimum Gasteiger partial charge on any atom is -0.497 e. The van der Waals surface area contributed by atoms with E-state index in [9.17, 15) is 18.3 Å². The van der Waals surface area contributed by atoms with Crippen LogP contribution in [0.4, 0.5) is 0 Å². The molecule has 1 saturated heterocycles. The number of aliphatic carboxylic acids is 1. The lowest BCUT2D eigenvalue weighted by molar-refractivity contribution is -0.143. The van der Waals surface area contributed by atoms with Crippen molar-refractivity contribution in [3.63, 3.8) is 0 Å². The first-order valence-corrected chi connectivity index (χ1v) is 15.5. The first-order valence-electron chi connectivity index (χ1n) is 13.9. The van der Waals surface area contributed by atoms with Crippen molar-refractivity contribution in [1.82, 2.24) is 10.2 Å². The number of carboxylic acid groups (broad SMARTS) is 1. The van der Waals surface area contributed by atoms with E-state index in [0.29, 0.717) is 55.6 Å². The summed E-state index contributed by atoms with van der Waals surface area (Å²) in [7, 11) is -0.263. The topological polar surface area (TPSA) is 124 Å². The quantitative estimate of drug-likeness (QED) is 0.282. The highest BCUT2D eigenvalue weighted by Crippen LogP contribution is 2.47. The Morgan fingerprint density at radius 1 is 0.929 bits per heavy atom. The number of nitrogens with zero attached hydrogens (tertiary/aromatic N) is 1. The van der Waals surface area contributed by atoms with Gasteiger partial charge in [0.2, 0.25) is 6.79 Å². The first-order chi connectivity index (χ1) is 20.3. The number of carboxylic acids is 1. The number of hydrogen-bond acceptors (Lipinski definition) is 9. The molecule has 0 radical (unpaired) electrons. The molecule has 224 valence electrons. The fourth-order valence-corrected chi connectivity index (χ4v) is 7.09. The number of rotatable bonds is 13. The van der Waals surface area contributed by atoms with Crippen molar-refractivity contribution >= 4 is 15.8 Å². The molecule has 3 aromatic carbocycles. The summed E-state index contributed by atoms with van der Waals surface area (Å²) in [5, 5.41) is 13.8. The largest absolute Gasteiger partial charge is 0.497 e. The standard InChI is InChI=1S/C31H36N2O8S/c1-38-23-7-4-21(5-8-23)30-29(31(34)35)26(22-6-13-27-28(18-22)41-20-40-27)19-33(30)16-15-32-14-3-17-42(36,37)25-11-9-24(39-2)10-12-25/h4-13,18,26,29-30,32H,3,14-17,19-20H2,1-2H3,(H,34,35)/t26-,29+,30-/m1/s1. The molecule has 2 aliphatic rings. The van der Waals surface area contributed by atoms with Crippen molar-refractivity contribution in [3.05, 3.63) is 77.9 Å². The summed E-state index contributed by atoms with van der Waals surface area (Å²) in [6.07, 6.45) is 0.452. The Hall–Kier alpha value is -3.80. The molecule has 3 atom stereocenters. The second-order valence-corrected chi connectivity index (χ2v) is 12.5. The molecule has 0 saturated carbocycles. The predicted octanol–water partition coefficient (Wildman–Crippen LogP) is 3.73. The van der Waals surface area contributed by atoms with E-state index >= 15 is 0 Å². The van der Waals surface area contributed by atoms with Crippen LogP contribution in [0.5, 0.6) is 23.0 Å². The molecule has 10 nitrogen and oxygen atoms in total. The molecule has 3 aromatic rings. The van der Waals surface area contributed by atoms with Crippen LogP contribution in [-0.4, -0.2) is 77.3 Å². The van der Waals surface area contributed by atoms with Crippen LogP contribution < -0.4 is 24.3 Å². The van der Waals surface area contributed by atoms with Crippen LogP contribution in [0.25, 0.3) is 0 Å². The summed E-state index contributed by atoms with van der Waals surface area (Å²) in [6, 6.07) is 19.2. The second-order valence-electron chi connectivity index (χ2n) is 10.4. The lowest BCUT2D eigenvalue weighted by Crippen LogP contribution is -2.34. The molecule has 2 N–H and O–H groups in total. The lowest BCUT2D eigenvalue weighted by atomic mass is 9.82. The van der Waals surface area contributed by atoms with Crippen LogP contribution in [0.2, 0.25) is 0 Å². The van der Waals surface area contributed by atoms with E-state index < -0.39 is 21.7 Å². The third-order valence-corrected chi connectivity index (χ3v) is 9.74. The number of benzene rings is 3. The van der Waals surface area contributed by atoms with E-state index in [1.165, 1.54) is 7.11 Å². The molecule has 2 heterocycles. The molecule has 0 spiro atoms. The molecule has 1 fully saturated rings. The van der Waals surface area contributed by atoms with Crippen molar-refractivity contribution in [3.8, 4) is 23.0 Å². The van der Waals surface area contributed by atoms with Crippen LogP contribution in [0.15, 0.2) is 71.6 Å². The van der Waals surface area contributed by atoms with E-state index in [1.54, 1.807) is 31.4 Å². The van der Waals surface area contributed by atoms with Gasteiger partial charge < -0.3 is 29.4 Å². The van der Waals surface area contributed by atoms with Crippen LogP contribution >= 0.6 is 0 Å². The van der Waals surface area contributed by atoms with Gasteiger partial charge in [0.1, 0.15) is 11.5 Å². The van der Waals surface area contributed by atoms with Gasteiger partial charge in [0.15, 0.2) is 21.3 Å². The van der Waals surface area contributed by atoms with Crippen LogP contribution in [0.3, 0.4) is 0 Å². The minimum absolute atomic E-state index is 0.0256. The third kappa shape index (κ3) is 6.48. The zero-order chi connectivity index (χ0) is 29.7. The molecule has 0 unspecified atom stereocenters. The number of ether oxygens (including phenoxy) is 4. The van der Waals surface area contributed by atoms with Crippen molar-refractivity contribution in [1.29, 1.82) is 0 Å². The maximum absolute atomic E-state index is 12.7. The number of likely N-dealkylation sites (tertiary alicyclic amines) is 1. The Labute approximate surface area is 246 Å². The van der Waals surface area contributed by atoms with E-state index in [-0.39, 0.29) is 29.4 Å². The maximum Gasteiger partial charge on any atom is 0.309 e. The summed E-state index contributed by atoms with van der Waals surface area (Å²) in [5.74, 6) is 0.806. The fraction of sp³-hybridized carbons (Fsp3) is 0.387. The van der Waals surface area contributed by atoms with Gasteiger partial charge in [-0.05, 0) is 72.6 Å². The fourth-order valence-electron chi connectivity index (χ4n) is 5.78. The molecular formula is C31H36N2O8S. The van der Waals surface area contributed by atoms with Crippen molar-refractivity contribution in [2.75, 3.05) is 52.9 Å². The molecule has 0 aliphatic carbocycles. The van der Waals surface area contributed by atoms with E-state index in [4.69, 9.17) is 18.9 Å². The molecule has 0 bridgehead atoms. The van der Waals surface area contributed by atoms with Gasteiger partial charge in [-0.25, -0.2) is 8.42 Å². The highest BCUT2D eigenvalue weighted by molar-refractivity contribution is 7.91. The molecular weight excluding hydrogens is 560 g/mol. The van der Waals surface area contributed by atoms with Crippen molar-refractivity contribution in [2.24, 2.45) is 5.92 Å². The van der Waals surface area contributed by atoms with Crippen LogP contribution in [-0.2, 0) is 14.6 Å². The number of fused-ring (bicyclic) bond motifs is 1. The van der Waals surface area contributed by atoms with Gasteiger partial charge in [0.05, 0.1) is 30.8 Å². The highest BCUT2D eigenvalue weighted by Gasteiger charge is 2.47. The van der Waals surface area contributed by atoms with Gasteiger partial charge in [-0.1, -0.05) is 18.2 Å². The minimum atomic E-state index is -3.40. The number of nitrogens with one attached hydrogen (secondary N) is 1. The Bertz CT molecular complexity index is 1480. The summed E-state index contributed by atoms with van der Waals surface area (Å²) in [5.41, 5.74) is 1.79. The van der Waals surface area contributed by atoms with Crippen LogP contribution in [0, 0.1) is 5.92 Å². The lowest BCUT2D eigenvalue weighted by Gasteiger charge is -2.27. The van der Waals surface area contributed by atoms with E-state index in [2.05, 4.69) is 10.2 Å². The number of carbonyl (C=O) groups is 1. The van der Waals surface area contributed by atoms with Gasteiger partial charge in [-0.15, -0.1) is 0 Å². The van der Waals surface area contributed by atoms with E-state index in [0.717, 1.165) is 11.1 Å². The summed E-state index contributed by atoms with van der Waals surface area (Å²) in [6.45, 7) is 2.38. The summed E-state index contributed by atoms with van der Waals surface area (Å²) >= 11 is 0. The Morgan fingerprint density at radius 3 is 2.24 bits per heavy atom. The van der Waals surface area contributed by atoms with Gasteiger partial charge in [0, 0.05) is 31.6 Å². The van der Waals surface area contributed by atoms with Gasteiger partial charge in [-0.3, -0.25) is 9.69 Å². The average molecular weight is 597 g/mol. The Morgan fingerprint density at radius 2 is 1.57 bits per heavy atom. The average Bonchev–Trinajstić information content (AvgIpc) is 3.63. The third-order valence-electron chi connectivity index (χ3n) is 7.93. The molecule has 5 rings (SSSR count).